The monoisotopic (exact) mass is 319 g/mol. The van der Waals surface area contributed by atoms with Gasteiger partial charge in [0.2, 0.25) is 0 Å². The van der Waals surface area contributed by atoms with Gasteiger partial charge < -0.3 is 10.8 Å². The van der Waals surface area contributed by atoms with E-state index in [1.54, 1.807) is 12.1 Å². The van der Waals surface area contributed by atoms with E-state index >= 15 is 0 Å². The Morgan fingerprint density at radius 1 is 0.955 bits per heavy atom. The Morgan fingerprint density at radius 2 is 1.50 bits per heavy atom. The molecule has 0 atom stereocenters. The van der Waals surface area contributed by atoms with Crippen LogP contribution in [0.1, 0.15) is 31.8 Å². The Kier molecular flexibility index (Phi) is 2.84. The van der Waals surface area contributed by atoms with Gasteiger partial charge in [-0.3, -0.25) is 14.1 Å². The number of aromatic hydroxyl groups is 1. The average Bonchev–Trinajstić information content (AvgIpc) is 2.46. The third kappa shape index (κ3) is 1.81. The first-order chi connectivity index (χ1) is 10.2. The molecule has 0 bridgehead atoms. The summed E-state index contributed by atoms with van der Waals surface area (Å²) in [5.74, 6) is -2.11. The Bertz CT molecular complexity index is 962. The Morgan fingerprint density at radius 3 is 2.05 bits per heavy atom. The van der Waals surface area contributed by atoms with Crippen molar-refractivity contribution in [3.8, 4) is 5.75 Å². The van der Waals surface area contributed by atoms with Gasteiger partial charge in [-0.2, -0.15) is 8.42 Å². The second kappa shape index (κ2) is 4.39. The fourth-order valence-corrected chi connectivity index (χ4v) is 3.08. The lowest BCUT2D eigenvalue weighted by atomic mass is 9.83. The summed E-state index contributed by atoms with van der Waals surface area (Å²) < 4.78 is 31.7. The number of carbonyl (C=O) groups is 2. The zero-order valence-electron chi connectivity index (χ0n) is 10.9. The highest BCUT2D eigenvalue weighted by Gasteiger charge is 2.35. The average molecular weight is 319 g/mol. The van der Waals surface area contributed by atoms with Crippen LogP contribution in [0.4, 0.5) is 5.69 Å². The zero-order valence-corrected chi connectivity index (χ0v) is 11.7. The maximum atomic E-state index is 12.4. The van der Waals surface area contributed by atoms with Gasteiger partial charge >= 0.3 is 0 Å². The summed E-state index contributed by atoms with van der Waals surface area (Å²) in [5.41, 5.74) is 4.29. The molecule has 1 aliphatic carbocycles. The van der Waals surface area contributed by atoms with Crippen LogP contribution in [-0.4, -0.2) is 29.6 Å². The molecule has 7 nitrogen and oxygen atoms in total. The standard InChI is InChI=1S/C14H9NO6S/c15-11-9(22(19,20)21)5-8-10(14(11)18)13(17)7-4-2-1-3-6(7)12(8)16/h1-5,18H,15H2,(H,19,20,21). The predicted octanol–water partition coefficient (Wildman–Crippen LogP) is 0.997. The number of hydrogen-bond donors (Lipinski definition) is 3. The lowest BCUT2D eigenvalue weighted by Gasteiger charge is -2.20. The fraction of sp³-hybridized carbons (Fsp3) is 0. The maximum absolute atomic E-state index is 12.4. The highest BCUT2D eigenvalue weighted by molar-refractivity contribution is 7.86. The molecule has 0 amide bonds. The molecule has 0 spiro atoms. The highest BCUT2D eigenvalue weighted by Crippen LogP contribution is 2.39. The number of phenols is 1. The summed E-state index contributed by atoms with van der Waals surface area (Å²) in [6, 6.07) is 6.75. The molecule has 0 saturated heterocycles. The van der Waals surface area contributed by atoms with Crippen LogP contribution in [0.3, 0.4) is 0 Å². The van der Waals surface area contributed by atoms with Gasteiger partial charge in [0.25, 0.3) is 10.1 Å². The minimum atomic E-state index is -4.76. The Hall–Kier alpha value is -2.71. The zero-order chi connectivity index (χ0) is 16.2. The predicted molar refractivity (Wildman–Crippen MR) is 75.6 cm³/mol. The molecular formula is C14H9NO6S. The number of ketones is 2. The van der Waals surface area contributed by atoms with Gasteiger partial charge in [0.1, 0.15) is 4.90 Å². The van der Waals surface area contributed by atoms with E-state index in [4.69, 9.17) is 10.3 Å². The van der Waals surface area contributed by atoms with E-state index < -0.39 is 38.0 Å². The molecule has 22 heavy (non-hydrogen) atoms. The SMILES string of the molecule is Nc1c(S(=O)(=O)O)cc2c(c1O)C(=O)c1ccccc1C2=O. The lowest BCUT2D eigenvalue weighted by molar-refractivity contribution is 0.0976. The van der Waals surface area contributed by atoms with Crippen molar-refractivity contribution in [2.24, 2.45) is 0 Å². The highest BCUT2D eigenvalue weighted by atomic mass is 32.2. The molecule has 2 aromatic carbocycles. The summed E-state index contributed by atoms with van der Waals surface area (Å²) >= 11 is 0. The number of nitrogen functional groups attached to an aromatic ring is 1. The van der Waals surface area contributed by atoms with Crippen LogP contribution in [0.5, 0.6) is 5.75 Å². The molecule has 0 fully saturated rings. The molecule has 0 heterocycles. The van der Waals surface area contributed by atoms with E-state index in [9.17, 15) is 23.1 Å². The van der Waals surface area contributed by atoms with Crippen molar-refractivity contribution >= 4 is 27.4 Å². The van der Waals surface area contributed by atoms with Crippen molar-refractivity contribution in [1.29, 1.82) is 0 Å². The summed E-state index contributed by atoms with van der Waals surface area (Å²) in [5, 5.41) is 10.0. The number of phenolic OH excluding ortho intramolecular Hbond substituents is 1. The number of fused-ring (bicyclic) bond motifs is 2. The number of carbonyl (C=O) groups excluding carboxylic acids is 2. The fourth-order valence-electron chi connectivity index (χ4n) is 2.44. The summed E-state index contributed by atoms with van der Waals surface area (Å²) in [6.07, 6.45) is 0. The molecular weight excluding hydrogens is 310 g/mol. The largest absolute Gasteiger partial charge is 0.505 e. The van der Waals surface area contributed by atoms with Gasteiger partial charge in [0.15, 0.2) is 17.3 Å². The number of anilines is 1. The summed E-state index contributed by atoms with van der Waals surface area (Å²) in [7, 11) is -4.76. The molecule has 0 unspecified atom stereocenters. The van der Waals surface area contributed by atoms with Gasteiger partial charge in [-0.05, 0) is 6.07 Å². The van der Waals surface area contributed by atoms with Crippen LogP contribution in [0.2, 0.25) is 0 Å². The van der Waals surface area contributed by atoms with E-state index in [1.165, 1.54) is 12.1 Å². The Balaban J connectivity index is 2.42. The molecule has 3 rings (SSSR count). The van der Waals surface area contributed by atoms with Gasteiger partial charge in [0.05, 0.1) is 11.3 Å². The van der Waals surface area contributed by atoms with Crippen molar-refractivity contribution in [3.63, 3.8) is 0 Å². The molecule has 0 radical (unpaired) electrons. The van der Waals surface area contributed by atoms with Crippen molar-refractivity contribution in [2.45, 2.75) is 4.90 Å². The third-order valence-electron chi connectivity index (χ3n) is 3.47. The third-order valence-corrected chi connectivity index (χ3v) is 4.36. The molecule has 4 N–H and O–H groups in total. The quantitative estimate of drug-likeness (QED) is 0.346. The van der Waals surface area contributed by atoms with Crippen LogP contribution >= 0.6 is 0 Å². The molecule has 2 aromatic rings. The first-order valence-corrected chi connectivity index (χ1v) is 7.49. The maximum Gasteiger partial charge on any atom is 0.296 e. The number of hydrogen-bond acceptors (Lipinski definition) is 6. The first kappa shape index (κ1) is 14.2. The van der Waals surface area contributed by atoms with Crippen LogP contribution in [0.25, 0.3) is 0 Å². The second-order valence-electron chi connectivity index (χ2n) is 4.74. The van der Waals surface area contributed by atoms with E-state index in [-0.39, 0.29) is 22.3 Å². The van der Waals surface area contributed by atoms with Crippen LogP contribution in [0.15, 0.2) is 35.2 Å². The summed E-state index contributed by atoms with van der Waals surface area (Å²) in [4.78, 5) is 24.0. The normalized spacial score (nSPS) is 13.7. The minimum Gasteiger partial charge on any atom is -0.505 e. The lowest BCUT2D eigenvalue weighted by Crippen LogP contribution is -2.22. The van der Waals surface area contributed by atoms with Gasteiger partial charge in [-0.15, -0.1) is 0 Å². The van der Waals surface area contributed by atoms with Crippen molar-refractivity contribution in [2.75, 3.05) is 5.73 Å². The molecule has 0 aliphatic heterocycles. The molecule has 8 heteroatoms. The molecule has 0 saturated carbocycles. The van der Waals surface area contributed by atoms with Crippen LogP contribution < -0.4 is 5.73 Å². The van der Waals surface area contributed by atoms with Crippen LogP contribution in [0, 0.1) is 0 Å². The van der Waals surface area contributed by atoms with E-state index in [0.29, 0.717) is 0 Å². The van der Waals surface area contributed by atoms with Crippen LogP contribution in [-0.2, 0) is 10.1 Å². The van der Waals surface area contributed by atoms with E-state index in [2.05, 4.69) is 0 Å². The minimum absolute atomic E-state index is 0.0884. The smallest absolute Gasteiger partial charge is 0.296 e. The topological polar surface area (TPSA) is 135 Å². The van der Waals surface area contributed by atoms with Crippen molar-refractivity contribution < 1.29 is 27.7 Å². The van der Waals surface area contributed by atoms with Crippen molar-refractivity contribution in [1.82, 2.24) is 0 Å². The molecule has 112 valence electrons. The van der Waals surface area contributed by atoms with Crippen molar-refractivity contribution in [3.05, 3.63) is 52.6 Å². The van der Waals surface area contributed by atoms with E-state index in [1.807, 2.05) is 0 Å². The summed E-state index contributed by atoms with van der Waals surface area (Å²) in [6.45, 7) is 0. The van der Waals surface area contributed by atoms with Gasteiger partial charge in [-0.1, -0.05) is 24.3 Å². The first-order valence-electron chi connectivity index (χ1n) is 6.05. The molecule has 0 aromatic heterocycles. The Labute approximate surface area is 124 Å². The van der Waals surface area contributed by atoms with Gasteiger partial charge in [0, 0.05) is 16.7 Å². The number of rotatable bonds is 1. The van der Waals surface area contributed by atoms with E-state index in [0.717, 1.165) is 6.07 Å². The number of benzene rings is 2. The van der Waals surface area contributed by atoms with Gasteiger partial charge in [-0.25, -0.2) is 0 Å². The molecule has 1 aliphatic rings. The number of nitrogens with two attached hydrogens (primary N) is 1. The second-order valence-corrected chi connectivity index (χ2v) is 6.13.